The Morgan fingerprint density at radius 1 is 1.27 bits per heavy atom. The quantitative estimate of drug-likeness (QED) is 0.735. The van der Waals surface area contributed by atoms with Crippen LogP contribution in [0.1, 0.15) is 12.8 Å². The van der Waals surface area contributed by atoms with Gasteiger partial charge in [0, 0.05) is 25.9 Å². The van der Waals surface area contributed by atoms with Gasteiger partial charge in [-0.2, -0.15) is 0 Å². The van der Waals surface area contributed by atoms with Gasteiger partial charge in [-0.25, -0.2) is 4.39 Å². The van der Waals surface area contributed by atoms with Crippen LogP contribution in [-0.2, 0) is 4.79 Å². The normalized spacial score (nSPS) is 16.9. The Morgan fingerprint density at radius 2 is 1.93 bits per heavy atom. The predicted molar refractivity (Wildman–Crippen MR) is 57.9 cm³/mol. The van der Waals surface area contributed by atoms with Gasteiger partial charge < -0.3 is 4.90 Å². The molecule has 15 heavy (non-hydrogen) atoms. The van der Waals surface area contributed by atoms with Crippen molar-refractivity contribution in [2.75, 3.05) is 18.0 Å². The first-order chi connectivity index (χ1) is 7.18. The highest BCUT2D eigenvalue weighted by Gasteiger charge is 2.20. The summed E-state index contributed by atoms with van der Waals surface area (Å²) in [6, 6.07) is 4.63. The number of piperidine rings is 1. The van der Waals surface area contributed by atoms with E-state index in [1.807, 2.05) is 4.90 Å². The highest BCUT2D eigenvalue weighted by molar-refractivity contribution is 6.33. The molecule has 0 bridgehead atoms. The molecule has 1 saturated heterocycles. The second-order valence-corrected chi connectivity index (χ2v) is 4.00. The fourth-order valence-electron chi connectivity index (χ4n) is 1.77. The van der Waals surface area contributed by atoms with E-state index in [1.165, 1.54) is 6.07 Å². The molecule has 0 spiro atoms. The third-order valence-electron chi connectivity index (χ3n) is 2.57. The van der Waals surface area contributed by atoms with Crippen molar-refractivity contribution >= 4 is 23.1 Å². The van der Waals surface area contributed by atoms with Crippen LogP contribution in [0.2, 0.25) is 5.02 Å². The van der Waals surface area contributed by atoms with Crippen LogP contribution < -0.4 is 4.90 Å². The third kappa shape index (κ3) is 2.12. The maximum atomic E-state index is 13.5. The largest absolute Gasteiger partial charge is 0.367 e. The molecule has 0 saturated carbocycles. The number of ketones is 1. The number of para-hydroxylation sites is 1. The first-order valence-corrected chi connectivity index (χ1v) is 5.27. The fraction of sp³-hybridized carbons (Fsp3) is 0.364. The lowest BCUT2D eigenvalue weighted by Crippen LogP contribution is -2.34. The van der Waals surface area contributed by atoms with E-state index in [0.29, 0.717) is 36.6 Å². The Labute approximate surface area is 92.6 Å². The number of hydrogen-bond donors (Lipinski definition) is 0. The standard InChI is InChI=1S/C11H11ClFNO/c12-9-2-1-3-10(13)11(9)14-6-4-8(15)5-7-14/h1-3H,4-7H2. The van der Waals surface area contributed by atoms with E-state index in [2.05, 4.69) is 0 Å². The Kier molecular flexibility index (Phi) is 2.91. The van der Waals surface area contributed by atoms with Crippen molar-refractivity contribution in [3.63, 3.8) is 0 Å². The number of anilines is 1. The van der Waals surface area contributed by atoms with Gasteiger partial charge in [-0.05, 0) is 12.1 Å². The van der Waals surface area contributed by atoms with E-state index >= 15 is 0 Å². The second kappa shape index (κ2) is 4.19. The molecule has 0 amide bonds. The van der Waals surface area contributed by atoms with Gasteiger partial charge in [0.05, 0.1) is 10.7 Å². The molecule has 0 radical (unpaired) electrons. The molecule has 1 aliphatic rings. The average Bonchev–Trinajstić information content (AvgIpc) is 2.20. The van der Waals surface area contributed by atoms with Gasteiger partial charge in [0.25, 0.3) is 0 Å². The summed E-state index contributed by atoms with van der Waals surface area (Å²) in [7, 11) is 0. The number of halogens is 2. The minimum atomic E-state index is -0.322. The molecule has 1 aliphatic heterocycles. The SMILES string of the molecule is O=C1CCN(c2c(F)cccc2Cl)CC1. The molecule has 0 aromatic heterocycles. The van der Waals surface area contributed by atoms with E-state index < -0.39 is 0 Å². The summed E-state index contributed by atoms with van der Waals surface area (Å²) in [6.45, 7) is 1.11. The van der Waals surface area contributed by atoms with Gasteiger partial charge in [-0.1, -0.05) is 17.7 Å². The van der Waals surface area contributed by atoms with Gasteiger partial charge in [0.2, 0.25) is 0 Å². The number of carbonyl (C=O) groups is 1. The number of nitrogens with zero attached hydrogens (tertiary/aromatic N) is 1. The second-order valence-electron chi connectivity index (χ2n) is 3.60. The van der Waals surface area contributed by atoms with Crippen molar-refractivity contribution in [1.29, 1.82) is 0 Å². The third-order valence-corrected chi connectivity index (χ3v) is 2.88. The van der Waals surface area contributed by atoms with Gasteiger partial charge >= 0.3 is 0 Å². The molecule has 2 rings (SSSR count). The molecule has 2 nitrogen and oxygen atoms in total. The van der Waals surface area contributed by atoms with E-state index in [0.717, 1.165) is 0 Å². The predicted octanol–water partition coefficient (Wildman–Crippen LogP) is 2.65. The smallest absolute Gasteiger partial charge is 0.148 e. The van der Waals surface area contributed by atoms with Crippen molar-refractivity contribution in [2.24, 2.45) is 0 Å². The van der Waals surface area contributed by atoms with E-state index in [-0.39, 0.29) is 11.6 Å². The highest BCUT2D eigenvalue weighted by atomic mass is 35.5. The number of Topliss-reactive ketones (excluding diaryl/α,β-unsaturated/α-hetero) is 1. The lowest BCUT2D eigenvalue weighted by Gasteiger charge is -2.29. The van der Waals surface area contributed by atoms with E-state index in [4.69, 9.17) is 11.6 Å². The molecule has 80 valence electrons. The number of benzene rings is 1. The van der Waals surface area contributed by atoms with Crippen LogP contribution in [0.15, 0.2) is 18.2 Å². The summed E-state index contributed by atoms with van der Waals surface area (Å²) in [5, 5.41) is 0.407. The zero-order valence-electron chi connectivity index (χ0n) is 8.17. The number of rotatable bonds is 1. The summed E-state index contributed by atoms with van der Waals surface area (Å²) in [4.78, 5) is 12.9. The Bertz CT molecular complexity index is 364. The zero-order valence-corrected chi connectivity index (χ0v) is 8.93. The summed E-state index contributed by atoms with van der Waals surface area (Å²) < 4.78 is 13.5. The summed E-state index contributed by atoms with van der Waals surface area (Å²) in [5.41, 5.74) is 0.423. The van der Waals surface area contributed by atoms with Crippen molar-refractivity contribution in [1.82, 2.24) is 0 Å². The highest BCUT2D eigenvalue weighted by Crippen LogP contribution is 2.30. The van der Waals surface area contributed by atoms with Crippen LogP contribution in [0.4, 0.5) is 10.1 Å². The van der Waals surface area contributed by atoms with E-state index in [9.17, 15) is 9.18 Å². The molecule has 0 atom stereocenters. The van der Waals surface area contributed by atoms with E-state index in [1.54, 1.807) is 12.1 Å². The van der Waals surface area contributed by atoms with Crippen LogP contribution in [0.5, 0.6) is 0 Å². The topological polar surface area (TPSA) is 20.3 Å². The minimum Gasteiger partial charge on any atom is -0.367 e. The Balaban J connectivity index is 2.26. The van der Waals surface area contributed by atoms with Crippen molar-refractivity contribution in [3.8, 4) is 0 Å². The van der Waals surface area contributed by atoms with Crippen LogP contribution >= 0.6 is 11.6 Å². The van der Waals surface area contributed by atoms with Crippen LogP contribution in [0.25, 0.3) is 0 Å². The maximum Gasteiger partial charge on any atom is 0.148 e. The lowest BCUT2D eigenvalue weighted by atomic mass is 10.1. The molecule has 0 unspecified atom stereocenters. The molecule has 4 heteroatoms. The molecule has 1 heterocycles. The fourth-order valence-corrected chi connectivity index (χ4v) is 2.05. The lowest BCUT2D eigenvalue weighted by molar-refractivity contribution is -0.119. The molecule has 1 aromatic carbocycles. The molecular formula is C11H11ClFNO. The Morgan fingerprint density at radius 3 is 2.53 bits per heavy atom. The Hall–Kier alpha value is -1.09. The van der Waals surface area contributed by atoms with Crippen molar-refractivity contribution in [3.05, 3.63) is 29.0 Å². The van der Waals surface area contributed by atoms with Gasteiger partial charge in [-0.3, -0.25) is 4.79 Å². The molecule has 0 aliphatic carbocycles. The van der Waals surface area contributed by atoms with Crippen LogP contribution in [-0.4, -0.2) is 18.9 Å². The number of hydrogen-bond acceptors (Lipinski definition) is 2. The van der Waals surface area contributed by atoms with Gasteiger partial charge in [-0.15, -0.1) is 0 Å². The molecule has 0 N–H and O–H groups in total. The first-order valence-electron chi connectivity index (χ1n) is 4.89. The first kappa shape index (κ1) is 10.4. The minimum absolute atomic E-state index is 0.235. The molecule has 1 aromatic rings. The van der Waals surface area contributed by atoms with Gasteiger partial charge in [0.1, 0.15) is 11.6 Å². The average molecular weight is 228 g/mol. The van der Waals surface area contributed by atoms with Crippen molar-refractivity contribution < 1.29 is 9.18 Å². The number of carbonyl (C=O) groups excluding carboxylic acids is 1. The molecular weight excluding hydrogens is 217 g/mol. The summed E-state index contributed by atoms with van der Waals surface area (Å²) >= 11 is 5.93. The summed E-state index contributed by atoms with van der Waals surface area (Å²) in [6.07, 6.45) is 0.954. The summed E-state index contributed by atoms with van der Waals surface area (Å²) in [5.74, 6) is -0.0874. The van der Waals surface area contributed by atoms with Crippen molar-refractivity contribution in [2.45, 2.75) is 12.8 Å². The van der Waals surface area contributed by atoms with Crippen LogP contribution in [0.3, 0.4) is 0 Å². The zero-order chi connectivity index (χ0) is 10.8. The maximum absolute atomic E-state index is 13.5. The monoisotopic (exact) mass is 227 g/mol. The molecule has 1 fully saturated rings. The van der Waals surface area contributed by atoms with Crippen LogP contribution in [0, 0.1) is 5.82 Å². The van der Waals surface area contributed by atoms with Gasteiger partial charge in [0.15, 0.2) is 0 Å².